The molecule has 0 aliphatic heterocycles. The van der Waals surface area contributed by atoms with Crippen LogP contribution < -0.4 is 11.5 Å². The molecule has 1 rings (SSSR count). The third-order valence-electron chi connectivity index (χ3n) is 1.76. The second-order valence-electron chi connectivity index (χ2n) is 2.73. The number of aromatic nitrogens is 1. The van der Waals surface area contributed by atoms with Gasteiger partial charge in [0, 0.05) is 6.54 Å². The van der Waals surface area contributed by atoms with Crippen LogP contribution in [0.25, 0.3) is 0 Å². The topological polar surface area (TPSA) is 64.9 Å². The Balaban J connectivity index is 3.25. The summed E-state index contributed by atoms with van der Waals surface area (Å²) in [6, 6.07) is 1.61. The molecule has 0 aliphatic carbocycles. The summed E-state index contributed by atoms with van der Waals surface area (Å²) < 4.78 is 24.7. The lowest BCUT2D eigenvalue weighted by atomic mass is 10.1. The molecule has 5 heteroatoms. The van der Waals surface area contributed by atoms with Crippen molar-refractivity contribution in [2.45, 2.75) is 19.9 Å². The third-order valence-corrected chi connectivity index (χ3v) is 1.76. The van der Waals surface area contributed by atoms with Gasteiger partial charge in [0.15, 0.2) is 0 Å². The van der Waals surface area contributed by atoms with Crippen molar-refractivity contribution in [2.75, 3.05) is 5.73 Å². The first-order valence-electron chi connectivity index (χ1n) is 3.80. The largest absolute Gasteiger partial charge is 0.397 e. The van der Waals surface area contributed by atoms with E-state index < -0.39 is 6.43 Å². The zero-order chi connectivity index (χ0) is 10.0. The molecule has 0 saturated carbocycles. The first kappa shape index (κ1) is 9.85. The summed E-state index contributed by atoms with van der Waals surface area (Å²) in [4.78, 5) is 3.65. The summed E-state index contributed by atoms with van der Waals surface area (Å²) in [5.74, 6) is 0. The van der Waals surface area contributed by atoms with Crippen LogP contribution in [0.1, 0.15) is 23.4 Å². The van der Waals surface area contributed by atoms with Crippen molar-refractivity contribution in [1.29, 1.82) is 0 Å². The minimum atomic E-state index is -2.65. The SMILES string of the molecule is Cc1cc(CN)nc(C(F)F)c1N. The van der Waals surface area contributed by atoms with E-state index in [4.69, 9.17) is 11.5 Å². The summed E-state index contributed by atoms with van der Waals surface area (Å²) in [6.07, 6.45) is -2.65. The molecule has 13 heavy (non-hydrogen) atoms. The van der Waals surface area contributed by atoms with Gasteiger partial charge in [0.05, 0.1) is 11.4 Å². The monoisotopic (exact) mass is 187 g/mol. The average Bonchev–Trinajstić information content (AvgIpc) is 2.09. The van der Waals surface area contributed by atoms with Crippen LogP contribution in [0.3, 0.4) is 0 Å². The molecule has 0 radical (unpaired) electrons. The number of anilines is 1. The van der Waals surface area contributed by atoms with Crippen molar-refractivity contribution in [3.8, 4) is 0 Å². The van der Waals surface area contributed by atoms with Crippen LogP contribution in [-0.2, 0) is 6.54 Å². The van der Waals surface area contributed by atoms with Gasteiger partial charge in [-0.3, -0.25) is 0 Å². The Hall–Kier alpha value is -1.23. The first-order valence-corrected chi connectivity index (χ1v) is 3.80. The van der Waals surface area contributed by atoms with E-state index in [1.165, 1.54) is 0 Å². The van der Waals surface area contributed by atoms with Crippen molar-refractivity contribution < 1.29 is 8.78 Å². The third kappa shape index (κ3) is 1.92. The van der Waals surface area contributed by atoms with Crippen LogP contribution >= 0.6 is 0 Å². The highest BCUT2D eigenvalue weighted by Gasteiger charge is 2.15. The Labute approximate surface area is 74.8 Å². The van der Waals surface area contributed by atoms with E-state index >= 15 is 0 Å². The van der Waals surface area contributed by atoms with Crippen molar-refractivity contribution >= 4 is 5.69 Å². The van der Waals surface area contributed by atoms with E-state index in [1.54, 1.807) is 13.0 Å². The van der Waals surface area contributed by atoms with Gasteiger partial charge in [0.2, 0.25) is 0 Å². The Morgan fingerprint density at radius 1 is 1.54 bits per heavy atom. The fourth-order valence-electron chi connectivity index (χ4n) is 1.05. The number of hydrogen-bond donors (Lipinski definition) is 2. The maximum absolute atomic E-state index is 12.3. The van der Waals surface area contributed by atoms with Crippen molar-refractivity contribution in [3.05, 3.63) is 23.0 Å². The van der Waals surface area contributed by atoms with Crippen molar-refractivity contribution in [3.63, 3.8) is 0 Å². The van der Waals surface area contributed by atoms with Gasteiger partial charge in [-0.15, -0.1) is 0 Å². The number of halogens is 2. The molecule has 0 unspecified atom stereocenters. The van der Waals surface area contributed by atoms with Crippen LogP contribution in [0.5, 0.6) is 0 Å². The summed E-state index contributed by atoms with van der Waals surface area (Å²) in [5, 5.41) is 0. The lowest BCUT2D eigenvalue weighted by Crippen LogP contribution is -2.07. The number of alkyl halides is 2. The molecule has 3 nitrogen and oxygen atoms in total. The van der Waals surface area contributed by atoms with E-state index in [9.17, 15) is 8.78 Å². The number of rotatable bonds is 2. The van der Waals surface area contributed by atoms with E-state index in [0.29, 0.717) is 11.3 Å². The zero-order valence-corrected chi connectivity index (χ0v) is 7.22. The van der Waals surface area contributed by atoms with Gasteiger partial charge < -0.3 is 11.5 Å². The van der Waals surface area contributed by atoms with E-state index in [1.807, 2.05) is 0 Å². The van der Waals surface area contributed by atoms with E-state index in [-0.39, 0.29) is 17.9 Å². The Morgan fingerprint density at radius 3 is 2.62 bits per heavy atom. The number of pyridine rings is 1. The van der Waals surface area contributed by atoms with Gasteiger partial charge in [0.1, 0.15) is 5.69 Å². The molecule has 0 aromatic carbocycles. The Bertz CT molecular complexity index is 313. The predicted octanol–water partition coefficient (Wildman–Crippen LogP) is 1.37. The van der Waals surface area contributed by atoms with Crippen LogP contribution in [-0.4, -0.2) is 4.98 Å². The van der Waals surface area contributed by atoms with E-state index in [0.717, 1.165) is 0 Å². The standard InChI is InChI=1S/C8H11F2N3/c1-4-2-5(3-11)13-7(6(4)12)8(9)10/h2,8H,3,11-12H2,1H3. The van der Waals surface area contributed by atoms with Crippen LogP contribution in [0.4, 0.5) is 14.5 Å². The fraction of sp³-hybridized carbons (Fsp3) is 0.375. The second kappa shape index (κ2) is 3.66. The smallest absolute Gasteiger partial charge is 0.282 e. The summed E-state index contributed by atoms with van der Waals surface area (Å²) in [5.41, 5.74) is 11.4. The highest BCUT2D eigenvalue weighted by Crippen LogP contribution is 2.25. The molecule has 0 atom stereocenters. The van der Waals surface area contributed by atoms with Crippen molar-refractivity contribution in [1.82, 2.24) is 4.98 Å². The average molecular weight is 187 g/mol. The lowest BCUT2D eigenvalue weighted by molar-refractivity contribution is 0.146. The van der Waals surface area contributed by atoms with Crippen LogP contribution in [0, 0.1) is 6.92 Å². The van der Waals surface area contributed by atoms with Crippen LogP contribution in [0.15, 0.2) is 6.07 Å². The minimum Gasteiger partial charge on any atom is -0.397 e. The minimum absolute atomic E-state index is 0.0483. The summed E-state index contributed by atoms with van der Waals surface area (Å²) >= 11 is 0. The molecule has 1 aromatic heterocycles. The molecule has 1 heterocycles. The highest BCUT2D eigenvalue weighted by molar-refractivity contribution is 5.51. The molecule has 0 bridgehead atoms. The number of nitrogen functional groups attached to an aromatic ring is 1. The van der Waals surface area contributed by atoms with Gasteiger partial charge in [-0.25, -0.2) is 13.8 Å². The maximum atomic E-state index is 12.3. The molecule has 0 amide bonds. The molecule has 72 valence electrons. The van der Waals surface area contributed by atoms with Gasteiger partial charge in [-0.2, -0.15) is 0 Å². The normalized spacial score (nSPS) is 10.8. The summed E-state index contributed by atoms with van der Waals surface area (Å²) in [6.45, 7) is 1.79. The zero-order valence-electron chi connectivity index (χ0n) is 7.22. The maximum Gasteiger partial charge on any atom is 0.282 e. The lowest BCUT2D eigenvalue weighted by Gasteiger charge is -2.08. The number of hydrogen-bond acceptors (Lipinski definition) is 3. The summed E-state index contributed by atoms with van der Waals surface area (Å²) in [7, 11) is 0. The van der Waals surface area contributed by atoms with Gasteiger partial charge >= 0.3 is 0 Å². The molecule has 0 saturated heterocycles. The molecule has 1 aromatic rings. The van der Waals surface area contributed by atoms with Gasteiger partial charge in [-0.1, -0.05) is 0 Å². The Kier molecular flexibility index (Phi) is 2.77. The quantitative estimate of drug-likeness (QED) is 0.734. The number of nitrogens with zero attached hydrogens (tertiary/aromatic N) is 1. The highest BCUT2D eigenvalue weighted by atomic mass is 19.3. The van der Waals surface area contributed by atoms with Gasteiger partial charge in [-0.05, 0) is 18.6 Å². The van der Waals surface area contributed by atoms with E-state index in [2.05, 4.69) is 4.98 Å². The van der Waals surface area contributed by atoms with Gasteiger partial charge in [0.25, 0.3) is 6.43 Å². The Morgan fingerprint density at radius 2 is 2.15 bits per heavy atom. The second-order valence-corrected chi connectivity index (χ2v) is 2.73. The number of nitrogens with two attached hydrogens (primary N) is 2. The van der Waals surface area contributed by atoms with Crippen LogP contribution in [0.2, 0.25) is 0 Å². The molecular formula is C8H11F2N3. The first-order chi connectivity index (χ1) is 6.06. The fourth-order valence-corrected chi connectivity index (χ4v) is 1.05. The molecule has 0 fully saturated rings. The molecule has 0 aliphatic rings. The number of aryl methyl sites for hydroxylation is 1. The molecule has 4 N–H and O–H groups in total. The predicted molar refractivity (Wildman–Crippen MR) is 46.2 cm³/mol. The van der Waals surface area contributed by atoms with Crippen molar-refractivity contribution in [2.24, 2.45) is 5.73 Å². The molecule has 0 spiro atoms. The molecular weight excluding hydrogens is 176 g/mol.